The minimum absolute atomic E-state index is 0.196. The van der Waals surface area contributed by atoms with Gasteiger partial charge in [0.05, 0.1) is 26.4 Å². The molecule has 2 unspecified atom stereocenters. The van der Waals surface area contributed by atoms with Gasteiger partial charge in [-0.15, -0.1) is 0 Å². The molecule has 7 nitrogen and oxygen atoms in total. The van der Waals surface area contributed by atoms with Crippen LogP contribution in [0.5, 0.6) is 0 Å². The Bertz CT molecular complexity index is 714. The van der Waals surface area contributed by atoms with E-state index < -0.39 is 73.0 Å². The Morgan fingerprint density at radius 2 is 2.00 bits per heavy atom. The van der Waals surface area contributed by atoms with Crippen LogP contribution in [0.15, 0.2) is 30.2 Å². The Hall–Kier alpha value is -2.41. The summed E-state index contributed by atoms with van der Waals surface area (Å²) in [6, 6.07) is -5.64. The zero-order valence-electron chi connectivity index (χ0n) is 16.2. The average molecular weight is 299 g/mol. The monoisotopic (exact) mass is 299 g/mol. The topological polar surface area (TPSA) is 119 Å². The third-order valence-electron chi connectivity index (χ3n) is 2.49. The van der Waals surface area contributed by atoms with Crippen molar-refractivity contribution in [3.63, 3.8) is 0 Å². The zero-order valence-corrected chi connectivity index (χ0v) is 11.2. The van der Waals surface area contributed by atoms with Crippen LogP contribution >= 0.6 is 0 Å². The van der Waals surface area contributed by atoms with E-state index >= 15 is 0 Å². The molecule has 1 aromatic carbocycles. The first kappa shape index (κ1) is 10.3. The SMILES string of the molecule is [2H]c1c([2H])c([2H])c(CC(NC(=O)C(N)CC(=O)O)C(=O)OC)c([2H])c1[2H]. The number of carbonyl (C=O) groups excluding carboxylic acids is 2. The van der Waals surface area contributed by atoms with Gasteiger partial charge in [-0.2, -0.15) is 0 Å². The van der Waals surface area contributed by atoms with Crippen LogP contribution in [0.3, 0.4) is 0 Å². The second kappa shape index (κ2) is 8.01. The Morgan fingerprint density at radius 3 is 2.52 bits per heavy atom. The van der Waals surface area contributed by atoms with Crippen LogP contribution in [0.2, 0.25) is 0 Å². The summed E-state index contributed by atoms with van der Waals surface area (Å²) in [5.41, 5.74) is 5.23. The highest BCUT2D eigenvalue weighted by atomic mass is 16.5. The molecule has 0 aromatic heterocycles. The van der Waals surface area contributed by atoms with Crippen LogP contribution in [0.4, 0.5) is 0 Å². The third-order valence-corrected chi connectivity index (χ3v) is 2.49. The molecule has 1 rings (SSSR count). The number of benzene rings is 1. The van der Waals surface area contributed by atoms with E-state index in [9.17, 15) is 14.4 Å². The standard InChI is InChI=1S/C14H18N2O5/c1-21-14(20)11(7-9-5-3-2-4-6-9)16-13(19)10(15)8-12(17)18/h2-6,10-11H,7-8,15H2,1H3,(H,16,19)(H,17,18)/i2D,3D,4D,5D,6D. The van der Waals surface area contributed by atoms with Gasteiger partial charge in [0.1, 0.15) is 6.04 Å². The van der Waals surface area contributed by atoms with E-state index in [-0.39, 0.29) is 5.56 Å². The van der Waals surface area contributed by atoms with Crippen molar-refractivity contribution < 1.29 is 31.1 Å². The van der Waals surface area contributed by atoms with E-state index in [0.717, 1.165) is 7.11 Å². The molecular formula is C14H18N2O5. The van der Waals surface area contributed by atoms with Gasteiger partial charge in [0.25, 0.3) is 0 Å². The van der Waals surface area contributed by atoms with E-state index in [0.29, 0.717) is 0 Å². The number of hydrogen-bond donors (Lipinski definition) is 3. The maximum absolute atomic E-state index is 12.0. The molecule has 0 spiro atoms. The lowest BCUT2D eigenvalue weighted by Gasteiger charge is -2.18. The summed E-state index contributed by atoms with van der Waals surface area (Å²) in [4.78, 5) is 34.5. The van der Waals surface area contributed by atoms with Crippen molar-refractivity contribution in [3.8, 4) is 0 Å². The third kappa shape index (κ3) is 5.62. The second-order valence-electron chi connectivity index (χ2n) is 4.10. The molecule has 0 aliphatic heterocycles. The molecule has 2 atom stereocenters. The second-order valence-corrected chi connectivity index (χ2v) is 4.10. The lowest BCUT2D eigenvalue weighted by Crippen LogP contribution is -2.50. The lowest BCUT2D eigenvalue weighted by atomic mass is 10.1. The van der Waals surface area contributed by atoms with Gasteiger partial charge in [-0.3, -0.25) is 9.59 Å². The molecule has 0 aliphatic carbocycles. The Morgan fingerprint density at radius 1 is 1.38 bits per heavy atom. The minimum Gasteiger partial charge on any atom is -0.481 e. The van der Waals surface area contributed by atoms with Gasteiger partial charge >= 0.3 is 11.9 Å². The summed E-state index contributed by atoms with van der Waals surface area (Å²) >= 11 is 0. The number of carbonyl (C=O) groups is 3. The van der Waals surface area contributed by atoms with Gasteiger partial charge < -0.3 is 20.9 Å². The number of ether oxygens (including phenoxy) is 1. The highest BCUT2D eigenvalue weighted by Gasteiger charge is 2.25. The molecule has 21 heavy (non-hydrogen) atoms. The maximum Gasteiger partial charge on any atom is 0.328 e. The van der Waals surface area contributed by atoms with E-state index in [4.69, 9.17) is 17.7 Å². The molecule has 0 saturated carbocycles. The molecule has 0 bridgehead atoms. The Labute approximate surface area is 129 Å². The van der Waals surface area contributed by atoms with E-state index in [1.54, 1.807) is 0 Å². The van der Waals surface area contributed by atoms with Crippen molar-refractivity contribution in [2.24, 2.45) is 5.73 Å². The Kier molecular flexibility index (Phi) is 3.94. The van der Waals surface area contributed by atoms with Gasteiger partial charge in [-0.1, -0.05) is 30.2 Å². The van der Waals surface area contributed by atoms with E-state index in [2.05, 4.69) is 10.1 Å². The number of aliphatic carboxylic acids is 1. The molecule has 0 saturated heterocycles. The molecule has 7 heteroatoms. The van der Waals surface area contributed by atoms with Crippen LogP contribution in [0.1, 0.15) is 18.8 Å². The molecule has 114 valence electrons. The molecule has 0 aliphatic rings. The number of carboxylic acid groups (broad SMARTS) is 1. The molecule has 0 heterocycles. The number of methoxy groups -OCH3 is 1. The van der Waals surface area contributed by atoms with Crippen molar-refractivity contribution in [1.82, 2.24) is 5.32 Å². The van der Waals surface area contributed by atoms with Gasteiger partial charge in [0, 0.05) is 6.42 Å². The number of esters is 1. The first-order chi connectivity index (χ1) is 12.0. The summed E-state index contributed by atoms with van der Waals surface area (Å²) in [5.74, 6) is -3.20. The number of hydrogen-bond acceptors (Lipinski definition) is 5. The molecular weight excluding hydrogens is 276 g/mol. The highest BCUT2D eigenvalue weighted by Crippen LogP contribution is 2.05. The minimum atomic E-state index is -1.43. The Balaban J connectivity index is 3.16. The van der Waals surface area contributed by atoms with E-state index in [1.807, 2.05) is 0 Å². The maximum atomic E-state index is 12.0. The van der Waals surface area contributed by atoms with Gasteiger partial charge in [0.15, 0.2) is 0 Å². The van der Waals surface area contributed by atoms with Crippen molar-refractivity contribution in [2.45, 2.75) is 24.9 Å². The van der Waals surface area contributed by atoms with Crippen LogP contribution < -0.4 is 11.1 Å². The summed E-state index contributed by atoms with van der Waals surface area (Å²) < 4.78 is 43.0. The summed E-state index contributed by atoms with van der Waals surface area (Å²) in [7, 11) is 1.04. The van der Waals surface area contributed by atoms with Crippen LogP contribution in [0.25, 0.3) is 0 Å². The van der Waals surface area contributed by atoms with Crippen LogP contribution in [0, 0.1) is 0 Å². The van der Waals surface area contributed by atoms with Crippen molar-refractivity contribution in [2.75, 3.05) is 7.11 Å². The molecule has 0 radical (unpaired) electrons. The lowest BCUT2D eigenvalue weighted by molar-refractivity contribution is -0.145. The van der Waals surface area contributed by atoms with Crippen molar-refractivity contribution >= 4 is 17.8 Å². The number of carboxylic acids is 1. The van der Waals surface area contributed by atoms with Gasteiger partial charge in [0.2, 0.25) is 5.91 Å². The summed E-state index contributed by atoms with van der Waals surface area (Å²) in [5, 5.41) is 10.8. The first-order valence-corrected chi connectivity index (χ1v) is 5.92. The first-order valence-electron chi connectivity index (χ1n) is 8.42. The van der Waals surface area contributed by atoms with Crippen molar-refractivity contribution in [1.29, 1.82) is 0 Å². The quantitative estimate of drug-likeness (QED) is 0.594. The van der Waals surface area contributed by atoms with Crippen molar-refractivity contribution in [3.05, 3.63) is 35.8 Å². The molecule has 4 N–H and O–H groups in total. The zero-order chi connectivity index (χ0) is 20.2. The highest BCUT2D eigenvalue weighted by molar-refractivity contribution is 5.89. The van der Waals surface area contributed by atoms with E-state index in [1.165, 1.54) is 0 Å². The van der Waals surface area contributed by atoms with Crippen LogP contribution in [-0.4, -0.2) is 42.1 Å². The number of nitrogens with two attached hydrogens (primary N) is 1. The molecule has 0 fully saturated rings. The fourth-order valence-electron chi connectivity index (χ4n) is 1.48. The summed E-state index contributed by atoms with van der Waals surface area (Å²) in [6.45, 7) is 0. The van der Waals surface area contributed by atoms with Gasteiger partial charge in [-0.25, -0.2) is 4.79 Å². The molecule has 1 aromatic rings. The average Bonchev–Trinajstić information content (AvgIpc) is 2.59. The summed E-state index contributed by atoms with van der Waals surface area (Å²) in [6.07, 6.45) is -1.12. The largest absolute Gasteiger partial charge is 0.481 e. The fraction of sp³-hybridized carbons (Fsp3) is 0.357. The smallest absolute Gasteiger partial charge is 0.328 e. The molecule has 1 amide bonds. The van der Waals surface area contributed by atoms with Gasteiger partial charge in [-0.05, 0) is 5.56 Å². The number of nitrogens with one attached hydrogen (secondary N) is 1. The van der Waals surface area contributed by atoms with Crippen LogP contribution in [-0.2, 0) is 25.5 Å². The number of rotatable bonds is 7. The number of amides is 1. The predicted octanol–water partition coefficient (Wildman–Crippen LogP) is -0.311. The normalized spacial score (nSPS) is 16.4. The fourth-order valence-corrected chi connectivity index (χ4v) is 1.48. The predicted molar refractivity (Wildman–Crippen MR) is 74.3 cm³/mol.